The van der Waals surface area contributed by atoms with Crippen LogP contribution in [0, 0.1) is 22.7 Å². The first-order valence-electron chi connectivity index (χ1n) is 4.71. The molecular weight excluding hydrogens is 196 g/mol. The molecule has 0 radical (unpaired) electrons. The van der Waals surface area contributed by atoms with Crippen molar-refractivity contribution < 1.29 is 14.7 Å². The van der Waals surface area contributed by atoms with Crippen molar-refractivity contribution in [1.82, 2.24) is 5.32 Å². The fraction of sp³-hybridized carbons (Fsp3) is 0.700. The standard InChI is InChI=1S/C10H16N2O3/c1-7(2)10(3,9(14)15)6-8(13)12-5-4-11/h7H,5-6H2,1-3H3,(H,12,13)(H,14,15). The molecule has 0 aromatic rings. The van der Waals surface area contributed by atoms with Crippen molar-refractivity contribution in [3.63, 3.8) is 0 Å². The van der Waals surface area contributed by atoms with E-state index in [1.807, 2.05) is 0 Å². The number of hydrogen-bond donors (Lipinski definition) is 2. The van der Waals surface area contributed by atoms with Crippen LogP contribution in [0.2, 0.25) is 0 Å². The maximum Gasteiger partial charge on any atom is 0.310 e. The Bertz CT molecular complexity index is 294. The summed E-state index contributed by atoms with van der Waals surface area (Å²) in [7, 11) is 0. The molecule has 1 atom stereocenters. The Kier molecular flexibility index (Phi) is 4.79. The van der Waals surface area contributed by atoms with Gasteiger partial charge in [-0.25, -0.2) is 0 Å². The second-order valence-electron chi connectivity index (χ2n) is 3.99. The summed E-state index contributed by atoms with van der Waals surface area (Å²) in [5.74, 6) is -1.55. The van der Waals surface area contributed by atoms with E-state index in [1.165, 1.54) is 6.92 Å². The molecular formula is C10H16N2O3. The molecule has 0 aliphatic heterocycles. The van der Waals surface area contributed by atoms with Crippen LogP contribution in [0.5, 0.6) is 0 Å². The summed E-state index contributed by atoms with van der Waals surface area (Å²) in [4.78, 5) is 22.3. The van der Waals surface area contributed by atoms with E-state index in [0.29, 0.717) is 0 Å². The molecule has 0 rings (SSSR count). The first-order valence-corrected chi connectivity index (χ1v) is 4.71. The molecule has 0 saturated heterocycles. The number of aliphatic carboxylic acids is 1. The SMILES string of the molecule is CC(C)C(C)(CC(=O)NCC#N)C(=O)O. The molecule has 0 aliphatic carbocycles. The van der Waals surface area contributed by atoms with E-state index in [4.69, 9.17) is 10.4 Å². The molecule has 0 spiro atoms. The van der Waals surface area contributed by atoms with Crippen molar-refractivity contribution in [2.45, 2.75) is 27.2 Å². The Balaban J connectivity index is 4.51. The molecule has 1 amide bonds. The molecule has 5 nitrogen and oxygen atoms in total. The van der Waals surface area contributed by atoms with Crippen molar-refractivity contribution >= 4 is 11.9 Å². The summed E-state index contributed by atoms with van der Waals surface area (Å²) >= 11 is 0. The fourth-order valence-corrected chi connectivity index (χ4v) is 1.06. The molecule has 1 unspecified atom stereocenters. The third-order valence-corrected chi connectivity index (χ3v) is 2.66. The van der Waals surface area contributed by atoms with Crippen LogP contribution < -0.4 is 5.32 Å². The lowest BCUT2D eigenvalue weighted by atomic mass is 9.76. The van der Waals surface area contributed by atoms with Crippen LogP contribution in [0.15, 0.2) is 0 Å². The number of amides is 1. The van der Waals surface area contributed by atoms with Gasteiger partial charge in [-0.15, -0.1) is 0 Å². The van der Waals surface area contributed by atoms with Gasteiger partial charge in [-0.2, -0.15) is 5.26 Å². The Morgan fingerprint density at radius 1 is 1.53 bits per heavy atom. The average molecular weight is 212 g/mol. The normalized spacial score (nSPS) is 14.1. The average Bonchev–Trinajstić information content (AvgIpc) is 2.13. The zero-order chi connectivity index (χ0) is 12.1. The molecule has 0 bridgehead atoms. The van der Waals surface area contributed by atoms with E-state index in [9.17, 15) is 9.59 Å². The van der Waals surface area contributed by atoms with Gasteiger partial charge in [-0.05, 0) is 12.8 Å². The molecule has 0 aromatic heterocycles. The maximum atomic E-state index is 11.3. The Hall–Kier alpha value is -1.57. The highest BCUT2D eigenvalue weighted by Crippen LogP contribution is 2.31. The second kappa shape index (κ2) is 5.35. The molecule has 0 fully saturated rings. The Morgan fingerprint density at radius 2 is 2.07 bits per heavy atom. The highest BCUT2D eigenvalue weighted by molar-refractivity contribution is 5.84. The van der Waals surface area contributed by atoms with Crippen molar-refractivity contribution in [2.75, 3.05) is 6.54 Å². The first-order chi connectivity index (χ1) is 6.84. The van der Waals surface area contributed by atoms with Crippen LogP contribution in [0.4, 0.5) is 0 Å². The monoisotopic (exact) mass is 212 g/mol. The van der Waals surface area contributed by atoms with Crippen LogP contribution in [-0.2, 0) is 9.59 Å². The van der Waals surface area contributed by atoms with Crippen LogP contribution >= 0.6 is 0 Å². The lowest BCUT2D eigenvalue weighted by molar-refractivity contribution is -0.153. The number of hydrogen-bond acceptors (Lipinski definition) is 3. The maximum absolute atomic E-state index is 11.3. The summed E-state index contributed by atoms with van der Waals surface area (Å²) in [6, 6.07) is 1.76. The minimum Gasteiger partial charge on any atom is -0.481 e. The van der Waals surface area contributed by atoms with E-state index in [-0.39, 0.29) is 18.9 Å². The molecule has 5 heteroatoms. The highest BCUT2D eigenvalue weighted by Gasteiger charge is 2.38. The number of rotatable bonds is 5. The summed E-state index contributed by atoms with van der Waals surface area (Å²) < 4.78 is 0. The van der Waals surface area contributed by atoms with Crippen molar-refractivity contribution in [1.29, 1.82) is 5.26 Å². The lowest BCUT2D eigenvalue weighted by Crippen LogP contribution is -2.39. The van der Waals surface area contributed by atoms with Gasteiger partial charge >= 0.3 is 5.97 Å². The molecule has 0 aromatic carbocycles. The van der Waals surface area contributed by atoms with Crippen LogP contribution in [-0.4, -0.2) is 23.5 Å². The number of nitrogens with zero attached hydrogens (tertiary/aromatic N) is 1. The number of nitrogens with one attached hydrogen (secondary N) is 1. The van der Waals surface area contributed by atoms with E-state index in [2.05, 4.69) is 5.32 Å². The van der Waals surface area contributed by atoms with Crippen LogP contribution in [0.25, 0.3) is 0 Å². The molecule has 15 heavy (non-hydrogen) atoms. The Labute approximate surface area is 89.1 Å². The van der Waals surface area contributed by atoms with Gasteiger partial charge in [0.25, 0.3) is 0 Å². The summed E-state index contributed by atoms with van der Waals surface area (Å²) in [5, 5.41) is 19.6. The van der Waals surface area contributed by atoms with Gasteiger partial charge in [-0.1, -0.05) is 13.8 Å². The van der Waals surface area contributed by atoms with Gasteiger partial charge in [-0.3, -0.25) is 9.59 Å². The van der Waals surface area contributed by atoms with Crippen molar-refractivity contribution in [3.05, 3.63) is 0 Å². The minimum atomic E-state index is -1.08. The van der Waals surface area contributed by atoms with Crippen LogP contribution in [0.3, 0.4) is 0 Å². The van der Waals surface area contributed by atoms with E-state index in [1.54, 1.807) is 19.9 Å². The topological polar surface area (TPSA) is 90.2 Å². The molecule has 84 valence electrons. The van der Waals surface area contributed by atoms with Gasteiger partial charge in [0, 0.05) is 6.42 Å². The van der Waals surface area contributed by atoms with E-state index < -0.39 is 17.3 Å². The molecule has 0 aliphatic rings. The van der Waals surface area contributed by atoms with Crippen LogP contribution in [0.1, 0.15) is 27.2 Å². The summed E-state index contributed by atoms with van der Waals surface area (Å²) in [6.07, 6.45) is -0.109. The van der Waals surface area contributed by atoms with E-state index in [0.717, 1.165) is 0 Å². The number of carboxylic acid groups (broad SMARTS) is 1. The van der Waals surface area contributed by atoms with Gasteiger partial charge in [0.1, 0.15) is 6.54 Å². The third kappa shape index (κ3) is 3.58. The summed E-state index contributed by atoms with van der Waals surface area (Å²) in [5.41, 5.74) is -1.08. The van der Waals surface area contributed by atoms with Gasteiger partial charge in [0.15, 0.2) is 0 Å². The molecule has 2 N–H and O–H groups in total. The predicted molar refractivity (Wildman–Crippen MR) is 53.8 cm³/mol. The second-order valence-corrected chi connectivity index (χ2v) is 3.99. The Morgan fingerprint density at radius 3 is 2.40 bits per heavy atom. The van der Waals surface area contributed by atoms with Crippen molar-refractivity contribution in [3.8, 4) is 6.07 Å². The smallest absolute Gasteiger partial charge is 0.310 e. The lowest BCUT2D eigenvalue weighted by Gasteiger charge is -2.28. The quantitative estimate of drug-likeness (QED) is 0.658. The third-order valence-electron chi connectivity index (χ3n) is 2.66. The predicted octanol–water partition coefficient (Wildman–Crippen LogP) is 0.763. The number of carbonyl (C=O) groups excluding carboxylic acids is 1. The number of nitriles is 1. The van der Waals surface area contributed by atoms with E-state index >= 15 is 0 Å². The van der Waals surface area contributed by atoms with Gasteiger partial charge in [0.05, 0.1) is 11.5 Å². The first kappa shape index (κ1) is 13.4. The van der Waals surface area contributed by atoms with Crippen molar-refractivity contribution in [2.24, 2.45) is 11.3 Å². The fourth-order valence-electron chi connectivity index (χ4n) is 1.06. The highest BCUT2D eigenvalue weighted by atomic mass is 16.4. The largest absolute Gasteiger partial charge is 0.481 e. The number of carboxylic acids is 1. The van der Waals surface area contributed by atoms with Gasteiger partial charge < -0.3 is 10.4 Å². The minimum absolute atomic E-state index is 0.0906. The zero-order valence-corrected chi connectivity index (χ0v) is 9.20. The van der Waals surface area contributed by atoms with Gasteiger partial charge in [0.2, 0.25) is 5.91 Å². The molecule has 0 saturated carbocycles. The molecule has 0 heterocycles. The number of carbonyl (C=O) groups is 2. The zero-order valence-electron chi connectivity index (χ0n) is 9.20. The summed E-state index contributed by atoms with van der Waals surface area (Å²) in [6.45, 7) is 4.95.